The molecule has 0 bridgehead atoms. The van der Waals surface area contributed by atoms with Crippen molar-refractivity contribution in [3.8, 4) is 11.4 Å². The lowest BCUT2D eigenvalue weighted by molar-refractivity contribution is 0.517. The van der Waals surface area contributed by atoms with Crippen molar-refractivity contribution in [2.45, 2.75) is 13.5 Å². The molecule has 1 N–H and O–H groups in total. The lowest BCUT2D eigenvalue weighted by Gasteiger charge is -2.06. The van der Waals surface area contributed by atoms with Gasteiger partial charge in [-0.15, -0.1) is 9.19 Å². The first-order valence-electron chi connectivity index (χ1n) is 6.97. The number of hydrogen-bond donors (Lipinski definition) is 1. The summed E-state index contributed by atoms with van der Waals surface area (Å²) < 4.78 is 30.6. The molecule has 3 aromatic heterocycles. The van der Waals surface area contributed by atoms with Crippen molar-refractivity contribution in [1.82, 2.24) is 19.2 Å². The minimum absolute atomic E-state index is 0.0850. The summed E-state index contributed by atoms with van der Waals surface area (Å²) in [6.45, 7) is 1.86. The predicted octanol–water partition coefficient (Wildman–Crippen LogP) is 1.74. The Kier molecular flexibility index (Phi) is 4.11. The van der Waals surface area contributed by atoms with Crippen LogP contribution in [0.15, 0.2) is 47.3 Å². The second-order valence-electron chi connectivity index (χ2n) is 4.68. The fourth-order valence-electron chi connectivity index (χ4n) is 1.92. The van der Waals surface area contributed by atoms with Crippen LogP contribution in [0, 0.1) is 0 Å². The van der Waals surface area contributed by atoms with E-state index in [0.29, 0.717) is 17.9 Å². The molecule has 3 aromatic rings. The van der Waals surface area contributed by atoms with Gasteiger partial charge in [-0.05, 0) is 31.2 Å². The zero-order valence-electron chi connectivity index (χ0n) is 12.4. The van der Waals surface area contributed by atoms with E-state index in [2.05, 4.69) is 20.4 Å². The molecule has 0 aromatic carbocycles. The molecule has 0 spiro atoms. The molecular formula is C14H15N5O3S. The van der Waals surface area contributed by atoms with Gasteiger partial charge in [-0.1, -0.05) is 0 Å². The second-order valence-corrected chi connectivity index (χ2v) is 6.76. The molecule has 0 radical (unpaired) electrons. The van der Waals surface area contributed by atoms with E-state index in [1.165, 1.54) is 0 Å². The molecule has 0 fully saturated rings. The van der Waals surface area contributed by atoms with Gasteiger partial charge in [-0.25, -0.2) is 8.42 Å². The van der Waals surface area contributed by atoms with Crippen LogP contribution < -0.4 is 5.32 Å². The monoisotopic (exact) mass is 333 g/mol. The third kappa shape index (κ3) is 3.24. The average molecular weight is 333 g/mol. The van der Waals surface area contributed by atoms with Crippen LogP contribution in [0.4, 0.5) is 5.95 Å². The van der Waals surface area contributed by atoms with Crippen LogP contribution in [0.25, 0.3) is 11.4 Å². The van der Waals surface area contributed by atoms with Gasteiger partial charge >= 0.3 is 0 Å². The Hall–Kier alpha value is -2.68. The van der Waals surface area contributed by atoms with Gasteiger partial charge in [0.1, 0.15) is 5.76 Å². The minimum atomic E-state index is -3.58. The number of pyridine rings is 1. The van der Waals surface area contributed by atoms with Gasteiger partial charge in [0.2, 0.25) is 5.95 Å². The van der Waals surface area contributed by atoms with Gasteiger partial charge in [0.25, 0.3) is 10.0 Å². The standard InChI is InChI=1S/C14H15N5O3S/c1-2-23(20,21)19-14(16-10-12-6-4-8-22-12)17-13(18-19)11-5-3-7-15-9-11/h3-9H,2,10H2,1H3,(H,16,17,18). The topological polar surface area (TPSA) is 103 Å². The van der Waals surface area contributed by atoms with Crippen LogP contribution in [0.2, 0.25) is 0 Å². The van der Waals surface area contributed by atoms with E-state index in [4.69, 9.17) is 4.42 Å². The largest absolute Gasteiger partial charge is 0.467 e. The van der Waals surface area contributed by atoms with Crippen molar-refractivity contribution in [2.75, 3.05) is 11.1 Å². The van der Waals surface area contributed by atoms with Crippen LogP contribution in [0.1, 0.15) is 12.7 Å². The maximum atomic E-state index is 12.2. The number of furan rings is 1. The van der Waals surface area contributed by atoms with Gasteiger partial charge in [0.05, 0.1) is 18.6 Å². The van der Waals surface area contributed by atoms with E-state index < -0.39 is 10.0 Å². The lowest BCUT2D eigenvalue weighted by Crippen LogP contribution is -2.19. The summed E-state index contributed by atoms with van der Waals surface area (Å²) in [5, 5.41) is 7.05. The number of nitrogens with zero attached hydrogens (tertiary/aromatic N) is 4. The fourth-order valence-corrected chi connectivity index (χ4v) is 2.73. The van der Waals surface area contributed by atoms with E-state index in [9.17, 15) is 8.42 Å². The number of rotatable bonds is 6. The Balaban J connectivity index is 1.97. The molecule has 3 heterocycles. The Morgan fingerprint density at radius 3 is 2.83 bits per heavy atom. The molecule has 0 saturated carbocycles. The fraction of sp³-hybridized carbons (Fsp3) is 0.214. The van der Waals surface area contributed by atoms with E-state index in [1.54, 1.807) is 49.8 Å². The van der Waals surface area contributed by atoms with Crippen molar-refractivity contribution in [3.05, 3.63) is 48.7 Å². The van der Waals surface area contributed by atoms with Gasteiger partial charge in [0.15, 0.2) is 5.82 Å². The molecule has 8 nitrogen and oxygen atoms in total. The maximum absolute atomic E-state index is 12.2. The Morgan fingerprint density at radius 1 is 1.30 bits per heavy atom. The Labute approximate surface area is 133 Å². The lowest BCUT2D eigenvalue weighted by atomic mass is 10.3. The molecule has 0 saturated heterocycles. The molecule has 120 valence electrons. The first-order valence-corrected chi connectivity index (χ1v) is 8.58. The van der Waals surface area contributed by atoms with Crippen molar-refractivity contribution < 1.29 is 12.8 Å². The Morgan fingerprint density at radius 2 is 2.17 bits per heavy atom. The van der Waals surface area contributed by atoms with Gasteiger partial charge in [-0.3, -0.25) is 4.98 Å². The number of nitrogens with one attached hydrogen (secondary N) is 1. The number of hydrogen-bond acceptors (Lipinski definition) is 7. The Bertz CT molecular complexity index is 873. The average Bonchev–Trinajstić information content (AvgIpc) is 3.23. The minimum Gasteiger partial charge on any atom is -0.467 e. The van der Waals surface area contributed by atoms with Crippen molar-refractivity contribution in [3.63, 3.8) is 0 Å². The number of aromatic nitrogens is 4. The van der Waals surface area contributed by atoms with Crippen LogP contribution in [-0.4, -0.2) is 33.3 Å². The molecule has 9 heteroatoms. The van der Waals surface area contributed by atoms with Crippen LogP contribution in [0.3, 0.4) is 0 Å². The molecular weight excluding hydrogens is 318 g/mol. The van der Waals surface area contributed by atoms with Gasteiger partial charge < -0.3 is 9.73 Å². The van der Waals surface area contributed by atoms with E-state index in [0.717, 1.165) is 4.09 Å². The van der Waals surface area contributed by atoms with Gasteiger partial charge in [-0.2, -0.15) is 4.98 Å². The molecule has 0 aliphatic carbocycles. The van der Waals surface area contributed by atoms with Crippen LogP contribution >= 0.6 is 0 Å². The SMILES string of the molecule is CCS(=O)(=O)n1nc(-c2cccnc2)nc1NCc1ccco1. The van der Waals surface area contributed by atoms with E-state index in [-0.39, 0.29) is 17.5 Å². The highest BCUT2D eigenvalue weighted by Crippen LogP contribution is 2.19. The normalized spacial score (nSPS) is 11.5. The van der Waals surface area contributed by atoms with Crippen molar-refractivity contribution in [2.24, 2.45) is 0 Å². The highest BCUT2D eigenvalue weighted by molar-refractivity contribution is 7.89. The first-order chi connectivity index (χ1) is 11.1. The molecule has 3 rings (SSSR count). The molecule has 0 unspecified atom stereocenters. The van der Waals surface area contributed by atoms with Crippen LogP contribution in [-0.2, 0) is 16.6 Å². The van der Waals surface area contributed by atoms with Gasteiger partial charge in [0, 0.05) is 18.0 Å². The summed E-state index contributed by atoms with van der Waals surface area (Å²) in [6, 6.07) is 7.04. The van der Waals surface area contributed by atoms with E-state index >= 15 is 0 Å². The number of anilines is 1. The predicted molar refractivity (Wildman–Crippen MR) is 84.1 cm³/mol. The summed E-state index contributed by atoms with van der Waals surface area (Å²) in [5.74, 6) is 1.01. The highest BCUT2D eigenvalue weighted by Gasteiger charge is 2.21. The molecule has 0 amide bonds. The highest BCUT2D eigenvalue weighted by atomic mass is 32.2. The third-order valence-corrected chi connectivity index (χ3v) is 4.64. The summed E-state index contributed by atoms with van der Waals surface area (Å²) in [7, 11) is -3.58. The molecule has 0 atom stereocenters. The summed E-state index contributed by atoms with van der Waals surface area (Å²) >= 11 is 0. The zero-order valence-corrected chi connectivity index (χ0v) is 13.2. The molecule has 0 aliphatic rings. The quantitative estimate of drug-likeness (QED) is 0.733. The van der Waals surface area contributed by atoms with Crippen LogP contribution in [0.5, 0.6) is 0 Å². The maximum Gasteiger partial charge on any atom is 0.256 e. The van der Waals surface area contributed by atoms with Crippen molar-refractivity contribution in [1.29, 1.82) is 0 Å². The zero-order chi connectivity index (χ0) is 16.3. The summed E-state index contributed by atoms with van der Waals surface area (Å²) in [4.78, 5) is 8.27. The van der Waals surface area contributed by atoms with E-state index in [1.807, 2.05) is 0 Å². The summed E-state index contributed by atoms with van der Waals surface area (Å²) in [6.07, 6.45) is 4.75. The summed E-state index contributed by atoms with van der Waals surface area (Å²) in [5.41, 5.74) is 0.638. The first kappa shape index (κ1) is 15.2. The molecule has 0 aliphatic heterocycles. The second kappa shape index (κ2) is 6.21. The third-order valence-electron chi connectivity index (χ3n) is 3.13. The smallest absolute Gasteiger partial charge is 0.256 e. The molecule has 23 heavy (non-hydrogen) atoms. The van der Waals surface area contributed by atoms with Crippen molar-refractivity contribution >= 4 is 16.0 Å².